The van der Waals surface area contributed by atoms with Crippen LogP contribution in [0.25, 0.3) is 0 Å². The first-order valence-electron chi connectivity index (χ1n) is 5.96. The average Bonchev–Trinajstić information content (AvgIpc) is 2.86. The van der Waals surface area contributed by atoms with E-state index in [0.29, 0.717) is 21.2 Å². The standard InChI is InChI=1S/C15H13ClN2OS/c1-10-4-7-14(20-10)15(19)18-12-5-6-13(16)11(9-12)3-2-8-17/h4-7,9H,8,17H2,1H3,(H,18,19). The monoisotopic (exact) mass is 304 g/mol. The molecule has 0 fully saturated rings. The number of carbonyl (C=O) groups is 1. The van der Waals surface area contributed by atoms with Crippen LogP contribution in [0.15, 0.2) is 30.3 Å². The Labute approximate surface area is 126 Å². The molecule has 1 amide bonds. The van der Waals surface area contributed by atoms with Gasteiger partial charge in [0.2, 0.25) is 0 Å². The lowest BCUT2D eigenvalue weighted by atomic mass is 10.2. The van der Waals surface area contributed by atoms with Crippen molar-refractivity contribution in [2.75, 3.05) is 11.9 Å². The van der Waals surface area contributed by atoms with Crippen LogP contribution in [0.1, 0.15) is 20.1 Å². The van der Waals surface area contributed by atoms with Crippen molar-refractivity contribution in [3.05, 3.63) is 50.7 Å². The fourth-order valence-corrected chi connectivity index (χ4v) is 2.52. The summed E-state index contributed by atoms with van der Waals surface area (Å²) in [5.41, 5.74) is 6.65. The van der Waals surface area contributed by atoms with Crippen LogP contribution in [-0.2, 0) is 0 Å². The first kappa shape index (κ1) is 14.6. The van der Waals surface area contributed by atoms with E-state index in [9.17, 15) is 4.79 Å². The Morgan fingerprint density at radius 2 is 2.20 bits per heavy atom. The van der Waals surface area contributed by atoms with Gasteiger partial charge in [-0.15, -0.1) is 11.3 Å². The van der Waals surface area contributed by atoms with E-state index in [0.717, 1.165) is 4.88 Å². The molecule has 2 aromatic rings. The van der Waals surface area contributed by atoms with Crippen LogP contribution in [-0.4, -0.2) is 12.5 Å². The molecule has 2 rings (SSSR count). The van der Waals surface area contributed by atoms with E-state index in [-0.39, 0.29) is 12.5 Å². The van der Waals surface area contributed by atoms with E-state index in [1.165, 1.54) is 11.3 Å². The number of rotatable bonds is 2. The van der Waals surface area contributed by atoms with E-state index in [1.807, 2.05) is 13.0 Å². The summed E-state index contributed by atoms with van der Waals surface area (Å²) < 4.78 is 0. The molecule has 102 valence electrons. The lowest BCUT2D eigenvalue weighted by molar-refractivity contribution is 0.103. The second kappa shape index (κ2) is 6.58. The molecule has 1 heterocycles. The van der Waals surface area contributed by atoms with Crippen LogP contribution in [0.5, 0.6) is 0 Å². The fraction of sp³-hybridized carbons (Fsp3) is 0.133. The lowest BCUT2D eigenvalue weighted by Gasteiger charge is -2.05. The Balaban J connectivity index is 2.19. The summed E-state index contributed by atoms with van der Waals surface area (Å²) in [5.74, 6) is 5.48. The highest BCUT2D eigenvalue weighted by molar-refractivity contribution is 7.14. The number of amides is 1. The molecule has 0 radical (unpaired) electrons. The zero-order chi connectivity index (χ0) is 14.5. The molecule has 1 aromatic heterocycles. The predicted octanol–water partition coefficient (Wildman–Crippen LogP) is 3.27. The Morgan fingerprint density at radius 1 is 1.40 bits per heavy atom. The molecular formula is C15H13ClN2OS. The Bertz CT molecular complexity index is 697. The third-order valence-electron chi connectivity index (χ3n) is 2.51. The molecule has 3 nitrogen and oxygen atoms in total. The third-order valence-corrected chi connectivity index (χ3v) is 3.84. The van der Waals surface area contributed by atoms with E-state index in [4.69, 9.17) is 17.3 Å². The minimum Gasteiger partial charge on any atom is -0.321 e. The van der Waals surface area contributed by atoms with Gasteiger partial charge in [-0.3, -0.25) is 4.79 Å². The number of hydrogen-bond donors (Lipinski definition) is 2. The highest BCUT2D eigenvalue weighted by atomic mass is 35.5. The molecular weight excluding hydrogens is 292 g/mol. The van der Waals surface area contributed by atoms with Crippen molar-refractivity contribution >= 4 is 34.5 Å². The summed E-state index contributed by atoms with van der Waals surface area (Å²) in [6.07, 6.45) is 0. The minimum atomic E-state index is -0.136. The van der Waals surface area contributed by atoms with Crippen LogP contribution < -0.4 is 11.1 Å². The van der Waals surface area contributed by atoms with Gasteiger partial charge in [-0.05, 0) is 37.3 Å². The maximum Gasteiger partial charge on any atom is 0.265 e. The number of halogens is 1. The Hall–Kier alpha value is -1.80. The molecule has 20 heavy (non-hydrogen) atoms. The number of nitrogens with one attached hydrogen (secondary N) is 1. The molecule has 0 spiro atoms. The molecule has 0 aliphatic heterocycles. The summed E-state index contributed by atoms with van der Waals surface area (Å²) in [5, 5.41) is 3.37. The summed E-state index contributed by atoms with van der Waals surface area (Å²) in [4.78, 5) is 13.8. The molecule has 5 heteroatoms. The summed E-state index contributed by atoms with van der Waals surface area (Å²) in [7, 11) is 0. The van der Waals surface area contributed by atoms with Gasteiger partial charge in [-0.2, -0.15) is 0 Å². The first-order chi connectivity index (χ1) is 9.60. The molecule has 0 aliphatic carbocycles. The molecule has 0 bridgehead atoms. The van der Waals surface area contributed by atoms with Gasteiger partial charge in [0.15, 0.2) is 0 Å². The van der Waals surface area contributed by atoms with E-state index in [1.54, 1.807) is 24.3 Å². The predicted molar refractivity (Wildman–Crippen MR) is 84.4 cm³/mol. The number of hydrogen-bond acceptors (Lipinski definition) is 3. The van der Waals surface area contributed by atoms with Crippen molar-refractivity contribution in [3.63, 3.8) is 0 Å². The van der Waals surface area contributed by atoms with Gasteiger partial charge >= 0.3 is 0 Å². The molecule has 3 N–H and O–H groups in total. The van der Waals surface area contributed by atoms with E-state index < -0.39 is 0 Å². The quantitative estimate of drug-likeness (QED) is 0.837. The molecule has 0 aliphatic rings. The molecule has 0 atom stereocenters. The Morgan fingerprint density at radius 3 is 2.85 bits per heavy atom. The topological polar surface area (TPSA) is 55.1 Å². The number of nitrogens with two attached hydrogens (primary N) is 1. The van der Waals surface area contributed by atoms with Gasteiger partial charge in [0, 0.05) is 16.1 Å². The largest absolute Gasteiger partial charge is 0.321 e. The normalized spacial score (nSPS) is 9.75. The fourth-order valence-electron chi connectivity index (χ4n) is 1.59. The van der Waals surface area contributed by atoms with Gasteiger partial charge in [-0.25, -0.2) is 0 Å². The van der Waals surface area contributed by atoms with Gasteiger partial charge in [-0.1, -0.05) is 23.4 Å². The van der Waals surface area contributed by atoms with Crippen LogP contribution in [0.2, 0.25) is 5.02 Å². The summed E-state index contributed by atoms with van der Waals surface area (Å²) in [6, 6.07) is 8.91. The molecule has 0 saturated carbocycles. The van der Waals surface area contributed by atoms with Crippen LogP contribution >= 0.6 is 22.9 Å². The smallest absolute Gasteiger partial charge is 0.265 e. The lowest BCUT2D eigenvalue weighted by Crippen LogP contribution is -2.10. The maximum atomic E-state index is 12.0. The van der Waals surface area contributed by atoms with Crippen LogP contribution in [0.4, 0.5) is 5.69 Å². The maximum absolute atomic E-state index is 12.0. The molecule has 0 saturated heterocycles. The molecule has 1 aromatic carbocycles. The summed E-state index contributed by atoms with van der Waals surface area (Å²) in [6.45, 7) is 2.23. The second-order valence-electron chi connectivity index (χ2n) is 4.06. The van der Waals surface area contributed by atoms with Gasteiger partial charge in [0.1, 0.15) is 0 Å². The van der Waals surface area contributed by atoms with Crippen LogP contribution in [0.3, 0.4) is 0 Å². The van der Waals surface area contributed by atoms with Crippen molar-refractivity contribution in [3.8, 4) is 11.8 Å². The number of anilines is 1. The second-order valence-corrected chi connectivity index (χ2v) is 5.76. The highest BCUT2D eigenvalue weighted by Crippen LogP contribution is 2.21. The third kappa shape index (κ3) is 3.61. The molecule has 0 unspecified atom stereocenters. The van der Waals surface area contributed by atoms with E-state index in [2.05, 4.69) is 17.2 Å². The van der Waals surface area contributed by atoms with Gasteiger partial charge in [0.25, 0.3) is 5.91 Å². The minimum absolute atomic E-state index is 0.136. The average molecular weight is 305 g/mol. The van der Waals surface area contributed by atoms with Crippen molar-refractivity contribution in [1.82, 2.24) is 0 Å². The number of carbonyl (C=O) groups excluding carboxylic acids is 1. The number of benzene rings is 1. The van der Waals surface area contributed by atoms with Gasteiger partial charge in [0.05, 0.1) is 16.4 Å². The highest BCUT2D eigenvalue weighted by Gasteiger charge is 2.09. The first-order valence-corrected chi connectivity index (χ1v) is 7.16. The number of aryl methyl sites for hydroxylation is 1. The van der Waals surface area contributed by atoms with Crippen molar-refractivity contribution < 1.29 is 4.79 Å². The van der Waals surface area contributed by atoms with E-state index >= 15 is 0 Å². The van der Waals surface area contributed by atoms with Crippen molar-refractivity contribution in [2.24, 2.45) is 5.73 Å². The van der Waals surface area contributed by atoms with Crippen LogP contribution in [0, 0.1) is 18.8 Å². The zero-order valence-electron chi connectivity index (χ0n) is 10.9. The zero-order valence-corrected chi connectivity index (χ0v) is 12.4. The van der Waals surface area contributed by atoms with Gasteiger partial charge < -0.3 is 11.1 Å². The Kier molecular flexibility index (Phi) is 4.80. The SMILES string of the molecule is Cc1ccc(C(=O)Nc2ccc(Cl)c(C#CCN)c2)s1. The van der Waals surface area contributed by atoms with Crippen molar-refractivity contribution in [1.29, 1.82) is 0 Å². The van der Waals surface area contributed by atoms with Crippen molar-refractivity contribution in [2.45, 2.75) is 6.92 Å². The number of thiophene rings is 1. The summed E-state index contributed by atoms with van der Waals surface area (Å²) >= 11 is 7.49.